The van der Waals surface area contributed by atoms with Gasteiger partial charge in [-0.15, -0.1) is 0 Å². The van der Waals surface area contributed by atoms with Crippen molar-refractivity contribution in [3.8, 4) is 11.4 Å². The van der Waals surface area contributed by atoms with Gasteiger partial charge in [0.1, 0.15) is 5.82 Å². The van der Waals surface area contributed by atoms with Crippen molar-refractivity contribution in [2.45, 2.75) is 32.9 Å². The molecule has 7 heteroatoms. The zero-order chi connectivity index (χ0) is 20.9. The lowest BCUT2D eigenvalue weighted by Gasteiger charge is -2.31. The Labute approximate surface area is 175 Å². The summed E-state index contributed by atoms with van der Waals surface area (Å²) in [5.41, 5.74) is 3.06. The average molecular weight is 408 g/mol. The van der Waals surface area contributed by atoms with E-state index < -0.39 is 0 Å². The van der Waals surface area contributed by atoms with Crippen LogP contribution >= 0.6 is 0 Å². The van der Waals surface area contributed by atoms with Gasteiger partial charge in [0.15, 0.2) is 0 Å². The van der Waals surface area contributed by atoms with E-state index in [1.54, 1.807) is 12.1 Å². The van der Waals surface area contributed by atoms with Crippen LogP contribution in [0.25, 0.3) is 11.4 Å². The highest BCUT2D eigenvalue weighted by molar-refractivity contribution is 5.78. The topological polar surface area (TPSA) is 71.3 Å². The number of nitrogens with one attached hydrogen (secondary N) is 1. The Morgan fingerprint density at radius 2 is 2.10 bits per heavy atom. The van der Waals surface area contributed by atoms with E-state index in [4.69, 9.17) is 4.52 Å². The minimum absolute atomic E-state index is 0.00545. The summed E-state index contributed by atoms with van der Waals surface area (Å²) in [5.74, 6) is 0.582. The van der Waals surface area contributed by atoms with Gasteiger partial charge < -0.3 is 9.84 Å². The number of amides is 1. The molecule has 1 unspecified atom stereocenters. The molecule has 1 aliphatic heterocycles. The first-order chi connectivity index (χ1) is 14.6. The highest BCUT2D eigenvalue weighted by atomic mass is 19.1. The van der Waals surface area contributed by atoms with E-state index in [2.05, 4.69) is 20.4 Å². The molecule has 0 bridgehead atoms. The Morgan fingerprint density at radius 1 is 1.27 bits per heavy atom. The van der Waals surface area contributed by atoms with Crippen LogP contribution in [0.15, 0.2) is 53.1 Å². The number of rotatable bonds is 6. The minimum Gasteiger partial charge on any atom is -0.347 e. The lowest BCUT2D eigenvalue weighted by Crippen LogP contribution is -2.42. The second-order valence-corrected chi connectivity index (χ2v) is 7.80. The molecule has 156 valence electrons. The van der Waals surface area contributed by atoms with Gasteiger partial charge in [0, 0.05) is 18.7 Å². The number of aromatic nitrogens is 2. The number of carbonyl (C=O) groups excluding carboxylic acids is 1. The third-order valence-electron chi connectivity index (χ3n) is 5.35. The zero-order valence-corrected chi connectivity index (χ0v) is 17.0. The number of carbonyl (C=O) groups is 1. The molecule has 1 atom stereocenters. The first-order valence-corrected chi connectivity index (χ1v) is 10.2. The molecular formula is C23H25FN4O2. The predicted octanol–water partition coefficient (Wildman–Crippen LogP) is 3.71. The standard InChI is InChI=1S/C23H25FN4O2/c1-16-4-2-5-18(12-16)22-26-21(30-27-22)13-25-23(29)19-6-3-11-28(15-19)14-17-7-9-20(24)10-8-17/h2,4-5,7-10,12,19H,3,6,11,13-15H2,1H3,(H,25,29). The molecule has 1 saturated heterocycles. The molecule has 1 aromatic heterocycles. The average Bonchev–Trinajstić information content (AvgIpc) is 3.23. The number of likely N-dealkylation sites (tertiary alicyclic amines) is 1. The number of piperidine rings is 1. The molecule has 1 fully saturated rings. The quantitative estimate of drug-likeness (QED) is 0.673. The third kappa shape index (κ3) is 5.10. The van der Waals surface area contributed by atoms with E-state index in [1.165, 1.54) is 12.1 Å². The van der Waals surface area contributed by atoms with Gasteiger partial charge in [0.25, 0.3) is 0 Å². The number of benzene rings is 2. The van der Waals surface area contributed by atoms with Crippen LogP contribution in [0, 0.1) is 18.7 Å². The Kier molecular flexibility index (Phi) is 6.18. The van der Waals surface area contributed by atoms with E-state index in [0.29, 0.717) is 24.8 Å². The maximum Gasteiger partial charge on any atom is 0.246 e. The van der Waals surface area contributed by atoms with Crippen LogP contribution in [-0.2, 0) is 17.9 Å². The maximum atomic E-state index is 13.1. The van der Waals surface area contributed by atoms with Gasteiger partial charge in [-0.1, -0.05) is 41.1 Å². The Hall–Kier alpha value is -3.06. The van der Waals surface area contributed by atoms with Gasteiger partial charge in [-0.3, -0.25) is 9.69 Å². The summed E-state index contributed by atoms with van der Waals surface area (Å²) in [7, 11) is 0. The van der Waals surface area contributed by atoms with Crippen LogP contribution in [0.1, 0.15) is 29.9 Å². The second-order valence-electron chi connectivity index (χ2n) is 7.80. The van der Waals surface area contributed by atoms with Crippen LogP contribution in [0.2, 0.25) is 0 Å². The molecule has 0 saturated carbocycles. The van der Waals surface area contributed by atoms with Crippen LogP contribution in [0.4, 0.5) is 4.39 Å². The number of halogens is 1. The first kappa shape index (κ1) is 20.2. The van der Waals surface area contributed by atoms with Crippen molar-refractivity contribution in [3.05, 3.63) is 71.4 Å². The molecule has 6 nitrogen and oxygen atoms in total. The smallest absolute Gasteiger partial charge is 0.246 e. The summed E-state index contributed by atoms with van der Waals surface area (Å²) in [6, 6.07) is 14.4. The van der Waals surface area contributed by atoms with Crippen LogP contribution in [-0.4, -0.2) is 34.0 Å². The lowest BCUT2D eigenvalue weighted by molar-refractivity contribution is -0.127. The molecule has 0 spiro atoms. The SMILES string of the molecule is Cc1cccc(-c2noc(CNC(=O)C3CCCN(Cc4ccc(F)cc4)C3)n2)c1. The molecule has 30 heavy (non-hydrogen) atoms. The van der Waals surface area contributed by atoms with E-state index in [0.717, 1.165) is 36.1 Å². The van der Waals surface area contributed by atoms with Crippen LogP contribution in [0.5, 0.6) is 0 Å². The number of nitrogens with zero attached hydrogens (tertiary/aromatic N) is 3. The molecule has 0 radical (unpaired) electrons. The Balaban J connectivity index is 1.30. The predicted molar refractivity (Wildman–Crippen MR) is 111 cm³/mol. The number of hydrogen-bond donors (Lipinski definition) is 1. The fraction of sp³-hybridized carbons (Fsp3) is 0.348. The van der Waals surface area contributed by atoms with Crippen molar-refractivity contribution in [1.29, 1.82) is 0 Å². The van der Waals surface area contributed by atoms with Crippen molar-refractivity contribution in [1.82, 2.24) is 20.4 Å². The van der Waals surface area contributed by atoms with Crippen molar-refractivity contribution in [2.24, 2.45) is 5.92 Å². The molecule has 1 amide bonds. The summed E-state index contributed by atoms with van der Waals surface area (Å²) in [6.45, 7) is 4.56. The molecule has 1 N–H and O–H groups in total. The van der Waals surface area contributed by atoms with Gasteiger partial charge in [0.05, 0.1) is 12.5 Å². The molecule has 2 aromatic carbocycles. The van der Waals surface area contributed by atoms with Crippen LogP contribution < -0.4 is 5.32 Å². The van der Waals surface area contributed by atoms with E-state index in [-0.39, 0.29) is 24.2 Å². The second kappa shape index (κ2) is 9.17. The van der Waals surface area contributed by atoms with Gasteiger partial charge in [-0.2, -0.15) is 4.98 Å². The summed E-state index contributed by atoms with van der Waals surface area (Å²) < 4.78 is 18.4. The summed E-state index contributed by atoms with van der Waals surface area (Å²) in [5, 5.41) is 6.94. The highest BCUT2D eigenvalue weighted by Gasteiger charge is 2.26. The molecule has 4 rings (SSSR count). The van der Waals surface area contributed by atoms with E-state index >= 15 is 0 Å². The number of aryl methyl sites for hydroxylation is 1. The van der Waals surface area contributed by atoms with Gasteiger partial charge >= 0.3 is 0 Å². The van der Waals surface area contributed by atoms with Crippen molar-refractivity contribution < 1.29 is 13.7 Å². The normalized spacial score (nSPS) is 17.1. The Morgan fingerprint density at radius 3 is 2.90 bits per heavy atom. The fourth-order valence-corrected chi connectivity index (χ4v) is 3.80. The maximum absolute atomic E-state index is 13.1. The molecule has 3 aromatic rings. The molecule has 1 aliphatic rings. The largest absolute Gasteiger partial charge is 0.347 e. The minimum atomic E-state index is -0.235. The highest BCUT2D eigenvalue weighted by Crippen LogP contribution is 2.20. The van der Waals surface area contributed by atoms with E-state index in [1.807, 2.05) is 31.2 Å². The summed E-state index contributed by atoms with van der Waals surface area (Å²) in [6.07, 6.45) is 1.81. The van der Waals surface area contributed by atoms with E-state index in [9.17, 15) is 9.18 Å². The van der Waals surface area contributed by atoms with Crippen molar-refractivity contribution in [3.63, 3.8) is 0 Å². The Bertz CT molecular complexity index is 1000. The molecule has 2 heterocycles. The summed E-state index contributed by atoms with van der Waals surface area (Å²) >= 11 is 0. The zero-order valence-electron chi connectivity index (χ0n) is 17.0. The summed E-state index contributed by atoms with van der Waals surface area (Å²) in [4.78, 5) is 19.3. The van der Waals surface area contributed by atoms with Crippen molar-refractivity contribution >= 4 is 5.91 Å². The monoisotopic (exact) mass is 408 g/mol. The third-order valence-corrected chi connectivity index (χ3v) is 5.35. The molecule has 0 aliphatic carbocycles. The lowest BCUT2D eigenvalue weighted by atomic mass is 9.96. The van der Waals surface area contributed by atoms with Gasteiger partial charge in [-0.25, -0.2) is 4.39 Å². The van der Waals surface area contributed by atoms with Gasteiger partial charge in [0.2, 0.25) is 17.6 Å². The molecular weight excluding hydrogens is 383 g/mol. The first-order valence-electron chi connectivity index (χ1n) is 10.2. The fourth-order valence-electron chi connectivity index (χ4n) is 3.80. The van der Waals surface area contributed by atoms with Crippen LogP contribution in [0.3, 0.4) is 0 Å². The number of hydrogen-bond acceptors (Lipinski definition) is 5. The van der Waals surface area contributed by atoms with Crippen molar-refractivity contribution in [2.75, 3.05) is 13.1 Å². The van der Waals surface area contributed by atoms with Gasteiger partial charge in [-0.05, 0) is 50.1 Å².